The molecule has 2 aromatic carbocycles. The summed E-state index contributed by atoms with van der Waals surface area (Å²) in [4.78, 5) is 51.4. The maximum atomic E-state index is 13.9. The number of aromatic hydroxyl groups is 4. The molecule has 1 aliphatic carbocycles. The fraction of sp³-hybridized carbons (Fsp3) is 0.355. The van der Waals surface area contributed by atoms with Crippen molar-refractivity contribution in [2.24, 2.45) is 5.92 Å². The molecule has 1 saturated heterocycles. The molecule has 2 fully saturated rings. The van der Waals surface area contributed by atoms with Crippen LogP contribution in [0.2, 0.25) is 0 Å². The normalized spacial score (nSPS) is 31.9. The number of hydrogen-bond donors (Lipinski definition) is 8. The Kier molecular flexibility index (Phi) is 8.53. The molecule has 5 rings (SSSR count). The Bertz CT molecular complexity index is 1630. The van der Waals surface area contributed by atoms with Crippen molar-refractivity contribution in [3.05, 3.63) is 65.8 Å². The Hall–Kier alpha value is -4.96. The number of aliphatic hydroxyl groups is 3. The second kappa shape index (κ2) is 12.1. The van der Waals surface area contributed by atoms with Crippen molar-refractivity contribution < 1.29 is 74.2 Å². The van der Waals surface area contributed by atoms with Crippen molar-refractivity contribution in [1.82, 2.24) is 0 Å². The summed E-state index contributed by atoms with van der Waals surface area (Å²) in [6, 6.07) is 7.25. The van der Waals surface area contributed by atoms with Crippen LogP contribution in [0.4, 0.5) is 0 Å². The fourth-order valence-electron chi connectivity index (χ4n) is 6.12. The number of esters is 2. The number of fused-ring (bicyclic) bond motifs is 2. The molecule has 15 nitrogen and oxygen atoms in total. The predicted octanol–water partition coefficient (Wildman–Crippen LogP) is -0.0150. The number of ketones is 1. The van der Waals surface area contributed by atoms with Gasteiger partial charge in [0, 0.05) is 24.8 Å². The van der Waals surface area contributed by atoms with Crippen LogP contribution in [0.1, 0.15) is 29.9 Å². The molecule has 1 saturated carbocycles. The van der Waals surface area contributed by atoms with E-state index in [1.54, 1.807) is 0 Å². The van der Waals surface area contributed by atoms with Gasteiger partial charge in [0.2, 0.25) is 0 Å². The summed E-state index contributed by atoms with van der Waals surface area (Å²) in [6.45, 7) is -0.727. The van der Waals surface area contributed by atoms with Gasteiger partial charge in [0.05, 0.1) is 12.7 Å². The third-order valence-corrected chi connectivity index (χ3v) is 8.41. The number of ether oxygens (including phenoxy) is 3. The zero-order valence-corrected chi connectivity index (χ0v) is 23.8. The van der Waals surface area contributed by atoms with Crippen molar-refractivity contribution in [1.29, 1.82) is 0 Å². The maximum Gasteiger partial charge on any atom is 0.335 e. The Labute approximate surface area is 259 Å². The van der Waals surface area contributed by atoms with E-state index in [0.717, 1.165) is 30.4 Å². The zero-order chi connectivity index (χ0) is 33.6. The van der Waals surface area contributed by atoms with E-state index in [-0.39, 0.29) is 11.1 Å². The Balaban J connectivity index is 1.45. The molecule has 2 heterocycles. The standard InChI is InChI=1S/C31H30O15/c32-13-31-8-7-18(35)27(46-31)24(25(31)15-3-5-17(34)20(37)10-15)28(40)44-22-12-30(43,29(41)42)11-21(38)26(22)45-23(39)6-2-14-1-4-16(33)19(36)9-14/h1-10,21-22,24-27,32-34,36-38,43H,11-13H2,(H,41,42)/b6-2+/t21-,22-,24+,25+,26-,27+,30+,31+/m1/s1. The fourth-order valence-corrected chi connectivity index (χ4v) is 6.12. The lowest BCUT2D eigenvalue weighted by atomic mass is 9.75. The van der Waals surface area contributed by atoms with Gasteiger partial charge >= 0.3 is 17.9 Å². The maximum absolute atomic E-state index is 13.9. The molecule has 2 aromatic rings. The number of carbonyl (C=O) groups excluding carboxylic acids is 3. The van der Waals surface area contributed by atoms with E-state index in [4.69, 9.17) is 14.2 Å². The average molecular weight is 643 g/mol. The van der Waals surface area contributed by atoms with Crippen LogP contribution in [0, 0.1) is 5.92 Å². The minimum atomic E-state index is -2.61. The van der Waals surface area contributed by atoms with Crippen molar-refractivity contribution in [2.45, 2.75) is 54.4 Å². The summed E-state index contributed by atoms with van der Waals surface area (Å²) in [5, 5.41) is 80.6. The van der Waals surface area contributed by atoms with Crippen LogP contribution in [0.15, 0.2) is 54.6 Å². The van der Waals surface area contributed by atoms with Crippen molar-refractivity contribution >= 4 is 29.8 Å². The first kappa shape index (κ1) is 32.4. The monoisotopic (exact) mass is 642 g/mol. The smallest absolute Gasteiger partial charge is 0.335 e. The van der Waals surface area contributed by atoms with Crippen LogP contribution in [0.25, 0.3) is 6.08 Å². The van der Waals surface area contributed by atoms with E-state index >= 15 is 0 Å². The topological polar surface area (TPSA) is 258 Å². The second-order valence-electron chi connectivity index (χ2n) is 11.4. The highest BCUT2D eigenvalue weighted by Gasteiger charge is 2.62. The third-order valence-electron chi connectivity index (χ3n) is 8.41. The molecule has 8 atom stereocenters. The molecule has 0 radical (unpaired) electrons. The van der Waals surface area contributed by atoms with E-state index in [9.17, 15) is 60.0 Å². The van der Waals surface area contributed by atoms with Crippen LogP contribution < -0.4 is 0 Å². The molecular weight excluding hydrogens is 612 g/mol. The molecule has 0 aromatic heterocycles. The van der Waals surface area contributed by atoms with Gasteiger partial charge in [-0.15, -0.1) is 0 Å². The number of carboxylic acid groups (broad SMARTS) is 1. The third kappa shape index (κ3) is 5.88. The van der Waals surface area contributed by atoms with E-state index in [1.165, 1.54) is 30.4 Å². The quantitative estimate of drug-likeness (QED) is 0.107. The largest absolute Gasteiger partial charge is 0.504 e. The summed E-state index contributed by atoms with van der Waals surface area (Å²) in [7, 11) is 0. The van der Waals surface area contributed by atoms with Crippen molar-refractivity contribution in [3.63, 3.8) is 0 Å². The van der Waals surface area contributed by atoms with E-state index in [1.807, 2.05) is 0 Å². The number of rotatable bonds is 8. The molecule has 0 spiro atoms. The van der Waals surface area contributed by atoms with Gasteiger partial charge in [-0.2, -0.15) is 0 Å². The van der Waals surface area contributed by atoms with Gasteiger partial charge in [-0.3, -0.25) is 9.59 Å². The van der Waals surface area contributed by atoms with Crippen LogP contribution in [-0.4, -0.2) is 107 Å². The summed E-state index contributed by atoms with van der Waals surface area (Å²) in [6.07, 6.45) is -4.00. The van der Waals surface area contributed by atoms with Gasteiger partial charge in [-0.1, -0.05) is 12.1 Å². The number of phenolic OH excluding ortho intramolecular Hbond substituents is 4. The molecule has 0 unspecified atom stereocenters. The van der Waals surface area contributed by atoms with Crippen LogP contribution in [0.3, 0.4) is 0 Å². The Morgan fingerprint density at radius 3 is 2.26 bits per heavy atom. The van der Waals surface area contributed by atoms with E-state index in [0.29, 0.717) is 0 Å². The van der Waals surface area contributed by atoms with Gasteiger partial charge in [-0.25, -0.2) is 9.59 Å². The van der Waals surface area contributed by atoms with Gasteiger partial charge in [0.1, 0.15) is 23.7 Å². The molecule has 0 amide bonds. The zero-order valence-electron chi connectivity index (χ0n) is 23.8. The van der Waals surface area contributed by atoms with Crippen molar-refractivity contribution in [3.8, 4) is 23.0 Å². The highest BCUT2D eigenvalue weighted by Crippen LogP contribution is 2.52. The van der Waals surface area contributed by atoms with Crippen LogP contribution >= 0.6 is 0 Å². The first-order chi connectivity index (χ1) is 21.7. The molecule has 46 heavy (non-hydrogen) atoms. The van der Waals surface area contributed by atoms with Crippen LogP contribution in [-0.2, 0) is 33.4 Å². The highest BCUT2D eigenvalue weighted by atomic mass is 16.6. The van der Waals surface area contributed by atoms with Gasteiger partial charge < -0.3 is 55.1 Å². The number of aliphatic carboxylic acids is 1. The minimum absolute atomic E-state index is 0.159. The molecule has 2 aliphatic heterocycles. The number of carboxylic acids is 1. The Morgan fingerprint density at radius 1 is 0.957 bits per heavy atom. The number of benzene rings is 2. The minimum Gasteiger partial charge on any atom is -0.504 e. The van der Waals surface area contributed by atoms with Gasteiger partial charge in [0.25, 0.3) is 0 Å². The molecule has 15 heteroatoms. The second-order valence-corrected chi connectivity index (χ2v) is 11.4. The van der Waals surface area contributed by atoms with Gasteiger partial charge in [0.15, 0.2) is 40.5 Å². The molecule has 244 valence electrons. The molecule has 2 bridgehead atoms. The summed E-state index contributed by atoms with van der Waals surface area (Å²) in [5.74, 6) is -9.35. The highest BCUT2D eigenvalue weighted by molar-refractivity contribution is 5.99. The lowest BCUT2D eigenvalue weighted by Crippen LogP contribution is -2.58. The number of aliphatic hydroxyl groups excluding tert-OH is 2. The predicted molar refractivity (Wildman–Crippen MR) is 151 cm³/mol. The number of phenols is 4. The van der Waals surface area contributed by atoms with E-state index < -0.39 is 114 Å². The number of hydrogen-bond acceptors (Lipinski definition) is 14. The van der Waals surface area contributed by atoms with E-state index in [2.05, 4.69) is 0 Å². The van der Waals surface area contributed by atoms with Crippen molar-refractivity contribution in [2.75, 3.05) is 6.61 Å². The summed E-state index contributed by atoms with van der Waals surface area (Å²) < 4.78 is 16.8. The first-order valence-electron chi connectivity index (χ1n) is 14.0. The number of carbonyl (C=O) groups is 4. The first-order valence-corrected chi connectivity index (χ1v) is 14.0. The Morgan fingerprint density at radius 2 is 1.63 bits per heavy atom. The van der Waals surface area contributed by atoms with Gasteiger partial charge in [-0.05, 0) is 53.6 Å². The summed E-state index contributed by atoms with van der Waals surface area (Å²) in [5.41, 5.74) is -3.83. The lowest BCUT2D eigenvalue weighted by Gasteiger charge is -2.41. The molecule has 3 aliphatic rings. The lowest BCUT2D eigenvalue weighted by molar-refractivity contribution is -0.208. The molecule has 8 N–H and O–H groups in total. The average Bonchev–Trinajstić information content (AvgIpc) is 3.29. The molecular formula is C31H30O15. The van der Waals surface area contributed by atoms with Crippen LogP contribution in [0.5, 0.6) is 23.0 Å². The SMILES string of the molecule is O=C(/C=C/c1ccc(O)c(O)c1)O[C@@H]1[C@H](O)C[C@@](O)(C(=O)O)C[C@H]1OC(=O)[C@@H]1[C@H]2O[C@](CO)(C=CC2=O)[C@H]1c1ccc(O)c(O)c1. The summed E-state index contributed by atoms with van der Waals surface area (Å²) >= 11 is 0.